The molecule has 0 radical (unpaired) electrons. The zero-order chi connectivity index (χ0) is 22.6. The fourth-order valence-corrected chi connectivity index (χ4v) is 4.87. The third kappa shape index (κ3) is 5.10. The number of amides is 1. The van der Waals surface area contributed by atoms with E-state index in [1.54, 1.807) is 6.92 Å². The summed E-state index contributed by atoms with van der Waals surface area (Å²) in [6.45, 7) is 4.40. The monoisotopic (exact) mass is 439 g/mol. The number of anilines is 1. The highest BCUT2D eigenvalue weighted by Crippen LogP contribution is 2.31. The number of hydrogen-bond acceptors (Lipinski definition) is 6. The van der Waals surface area contributed by atoms with Crippen LogP contribution in [0.25, 0.3) is 0 Å². The minimum Gasteiger partial charge on any atom is -0.424 e. The molecular weight excluding hydrogens is 409 g/mol. The number of nitrogens with zero attached hydrogens (tertiary/aromatic N) is 4. The van der Waals surface area contributed by atoms with Crippen molar-refractivity contribution in [1.82, 2.24) is 15.2 Å². The molecule has 32 heavy (non-hydrogen) atoms. The molecule has 2 aromatic rings. The van der Waals surface area contributed by atoms with E-state index < -0.39 is 0 Å². The number of aromatic nitrogens is 1. The van der Waals surface area contributed by atoms with Crippen LogP contribution < -0.4 is 10.2 Å². The van der Waals surface area contributed by atoms with Gasteiger partial charge in [-0.15, -0.1) is 0 Å². The summed E-state index contributed by atoms with van der Waals surface area (Å²) in [5.41, 5.74) is 1.27. The number of hydrogen-bond donors (Lipinski definition) is 1. The maximum Gasteiger partial charge on any atom is 0.236 e. The van der Waals surface area contributed by atoms with Gasteiger partial charge in [0.2, 0.25) is 17.5 Å². The highest BCUT2D eigenvalue weighted by molar-refractivity contribution is 5.78. The normalized spacial score (nSPS) is 18.4. The van der Waals surface area contributed by atoms with Gasteiger partial charge in [0.25, 0.3) is 0 Å². The van der Waals surface area contributed by atoms with E-state index >= 15 is 0 Å². The molecular formula is C24H30FN5O2. The summed E-state index contributed by atoms with van der Waals surface area (Å²) in [6.07, 6.45) is 6.34. The van der Waals surface area contributed by atoms with Gasteiger partial charge in [-0.2, -0.15) is 5.26 Å². The molecule has 0 bridgehead atoms. The largest absolute Gasteiger partial charge is 0.424 e. The third-order valence-corrected chi connectivity index (χ3v) is 6.62. The topological polar surface area (TPSA) is 85.4 Å². The second-order valence-electron chi connectivity index (χ2n) is 8.86. The first-order valence-electron chi connectivity index (χ1n) is 11.4. The van der Waals surface area contributed by atoms with Crippen molar-refractivity contribution >= 4 is 11.8 Å². The molecule has 1 N–H and O–H groups in total. The van der Waals surface area contributed by atoms with E-state index in [1.807, 2.05) is 21.9 Å². The molecule has 1 aromatic carbocycles. The number of aryl methyl sites for hydroxylation is 1. The van der Waals surface area contributed by atoms with Crippen molar-refractivity contribution in [2.24, 2.45) is 0 Å². The molecule has 1 saturated carbocycles. The molecule has 2 fully saturated rings. The number of nitriles is 1. The van der Waals surface area contributed by atoms with Crippen LogP contribution in [0.15, 0.2) is 28.7 Å². The van der Waals surface area contributed by atoms with Crippen LogP contribution in [0.3, 0.4) is 0 Å². The molecule has 0 unspecified atom stereocenters. The maximum absolute atomic E-state index is 13.3. The van der Waals surface area contributed by atoms with Crippen LogP contribution in [0.4, 0.5) is 10.3 Å². The number of benzene rings is 1. The number of halogens is 1. The lowest BCUT2D eigenvalue weighted by atomic mass is 9.77. The van der Waals surface area contributed by atoms with Crippen LogP contribution in [-0.2, 0) is 11.2 Å². The first-order chi connectivity index (χ1) is 15.5. The summed E-state index contributed by atoms with van der Waals surface area (Å²) >= 11 is 0. The predicted octanol–water partition coefficient (Wildman–Crippen LogP) is 3.18. The fraction of sp³-hybridized carbons (Fsp3) is 0.542. The molecule has 0 spiro atoms. The van der Waals surface area contributed by atoms with Crippen LogP contribution in [0.5, 0.6) is 0 Å². The minimum absolute atomic E-state index is 0.0861. The number of carbonyl (C=O) groups excluding carboxylic acids is 1. The number of rotatable bonds is 6. The van der Waals surface area contributed by atoms with E-state index in [9.17, 15) is 14.4 Å². The standard InChI is InChI=1S/C24H30FN5O2/c1-18-28-21(16-26)23(32-18)30-13-11-29(12-14-30)22(31)17-27-24(9-3-2-4-10-24)15-19-5-7-20(25)8-6-19/h5-8,27H,2-4,9-15,17H2,1H3. The van der Waals surface area contributed by atoms with E-state index in [4.69, 9.17) is 4.42 Å². The van der Waals surface area contributed by atoms with E-state index in [0.717, 1.165) is 37.7 Å². The van der Waals surface area contributed by atoms with E-state index in [1.165, 1.54) is 18.6 Å². The Hall–Kier alpha value is -2.92. The minimum atomic E-state index is -0.226. The lowest BCUT2D eigenvalue weighted by molar-refractivity contribution is -0.131. The summed E-state index contributed by atoms with van der Waals surface area (Å²) in [5, 5.41) is 12.8. The average Bonchev–Trinajstić information content (AvgIpc) is 3.20. The Morgan fingerprint density at radius 3 is 2.53 bits per heavy atom. The summed E-state index contributed by atoms with van der Waals surface area (Å²) in [6, 6.07) is 8.77. The second kappa shape index (κ2) is 9.70. The molecule has 4 rings (SSSR count). The molecule has 1 aliphatic heterocycles. The van der Waals surface area contributed by atoms with Crippen molar-refractivity contribution in [3.8, 4) is 6.07 Å². The van der Waals surface area contributed by atoms with Crippen LogP contribution in [0.1, 0.15) is 49.3 Å². The van der Waals surface area contributed by atoms with E-state index in [0.29, 0.717) is 50.2 Å². The Morgan fingerprint density at radius 2 is 1.88 bits per heavy atom. The van der Waals surface area contributed by atoms with Gasteiger partial charge in [-0.1, -0.05) is 31.4 Å². The van der Waals surface area contributed by atoms with Gasteiger partial charge in [0.15, 0.2) is 5.89 Å². The van der Waals surface area contributed by atoms with Crippen molar-refractivity contribution in [2.45, 2.75) is 51.0 Å². The zero-order valence-corrected chi connectivity index (χ0v) is 18.6. The number of nitrogens with one attached hydrogen (secondary N) is 1. The van der Waals surface area contributed by atoms with Gasteiger partial charge < -0.3 is 19.5 Å². The molecule has 7 nitrogen and oxygen atoms in total. The van der Waals surface area contributed by atoms with Crippen molar-refractivity contribution in [3.63, 3.8) is 0 Å². The van der Waals surface area contributed by atoms with Gasteiger partial charge in [-0.25, -0.2) is 9.37 Å². The summed E-state index contributed by atoms with van der Waals surface area (Å²) in [7, 11) is 0. The number of carbonyl (C=O) groups is 1. The van der Waals surface area contributed by atoms with Gasteiger partial charge in [0, 0.05) is 38.6 Å². The van der Waals surface area contributed by atoms with Crippen molar-refractivity contribution < 1.29 is 13.6 Å². The lowest BCUT2D eigenvalue weighted by Crippen LogP contribution is -2.55. The Kier molecular flexibility index (Phi) is 6.75. The highest BCUT2D eigenvalue weighted by Gasteiger charge is 2.33. The zero-order valence-electron chi connectivity index (χ0n) is 18.6. The van der Waals surface area contributed by atoms with Crippen molar-refractivity contribution in [2.75, 3.05) is 37.6 Å². The van der Waals surface area contributed by atoms with Gasteiger partial charge in [0.1, 0.15) is 11.9 Å². The molecule has 1 aromatic heterocycles. The SMILES string of the molecule is Cc1nc(C#N)c(N2CCN(C(=O)CNC3(Cc4ccc(F)cc4)CCCCC3)CC2)o1. The second-order valence-corrected chi connectivity index (χ2v) is 8.86. The van der Waals surface area contributed by atoms with Crippen LogP contribution in [0, 0.1) is 24.1 Å². The molecule has 1 amide bonds. The van der Waals surface area contributed by atoms with Crippen molar-refractivity contribution in [1.29, 1.82) is 5.26 Å². The summed E-state index contributed by atoms with van der Waals surface area (Å²) in [5.74, 6) is 0.827. The summed E-state index contributed by atoms with van der Waals surface area (Å²) < 4.78 is 18.9. The number of oxazole rings is 1. The maximum atomic E-state index is 13.3. The Labute approximate surface area is 188 Å². The van der Waals surface area contributed by atoms with Crippen LogP contribution in [-0.4, -0.2) is 54.1 Å². The fourth-order valence-electron chi connectivity index (χ4n) is 4.87. The van der Waals surface area contributed by atoms with E-state index in [2.05, 4.69) is 16.4 Å². The smallest absolute Gasteiger partial charge is 0.236 e. The third-order valence-electron chi connectivity index (χ3n) is 6.62. The molecule has 2 aliphatic rings. The van der Waals surface area contributed by atoms with Gasteiger partial charge >= 0.3 is 0 Å². The van der Waals surface area contributed by atoms with Gasteiger partial charge in [-0.05, 0) is 37.0 Å². The average molecular weight is 440 g/mol. The molecule has 8 heteroatoms. The molecule has 2 heterocycles. The molecule has 1 aliphatic carbocycles. The Morgan fingerprint density at radius 1 is 1.19 bits per heavy atom. The lowest BCUT2D eigenvalue weighted by Gasteiger charge is -2.40. The molecule has 170 valence electrons. The van der Waals surface area contributed by atoms with E-state index in [-0.39, 0.29) is 17.3 Å². The highest BCUT2D eigenvalue weighted by atomic mass is 19.1. The first-order valence-corrected chi connectivity index (χ1v) is 11.4. The first kappa shape index (κ1) is 22.3. The molecule has 0 atom stereocenters. The summed E-state index contributed by atoms with van der Waals surface area (Å²) in [4.78, 5) is 20.9. The van der Waals surface area contributed by atoms with Gasteiger partial charge in [0.05, 0.1) is 6.54 Å². The quantitative estimate of drug-likeness (QED) is 0.744. The van der Waals surface area contributed by atoms with Crippen LogP contribution >= 0.6 is 0 Å². The van der Waals surface area contributed by atoms with Crippen molar-refractivity contribution in [3.05, 3.63) is 47.2 Å². The Bertz CT molecular complexity index is 967. The van der Waals surface area contributed by atoms with Crippen LogP contribution in [0.2, 0.25) is 0 Å². The molecule has 1 saturated heterocycles. The number of piperazine rings is 1. The predicted molar refractivity (Wildman–Crippen MR) is 119 cm³/mol. The van der Waals surface area contributed by atoms with Gasteiger partial charge in [-0.3, -0.25) is 4.79 Å². The Balaban J connectivity index is 1.33.